The molecule has 118 valence electrons. The van der Waals surface area contributed by atoms with Crippen molar-refractivity contribution in [3.63, 3.8) is 0 Å². The van der Waals surface area contributed by atoms with Crippen molar-refractivity contribution in [1.29, 1.82) is 0 Å². The minimum Gasteiger partial charge on any atom is -0.323 e. The first-order valence-corrected chi connectivity index (χ1v) is 8.39. The Kier molecular flexibility index (Phi) is 4.57. The summed E-state index contributed by atoms with van der Waals surface area (Å²) in [6.45, 7) is 2.81. The van der Waals surface area contributed by atoms with E-state index in [1.807, 2.05) is 49.4 Å². The molecule has 1 saturated heterocycles. The van der Waals surface area contributed by atoms with Crippen LogP contribution < -0.4 is 10.2 Å². The van der Waals surface area contributed by atoms with Gasteiger partial charge in [-0.3, -0.25) is 9.59 Å². The third kappa shape index (κ3) is 3.87. The lowest BCUT2D eigenvalue weighted by atomic mass is 10.2. The molecule has 1 aliphatic rings. The zero-order valence-electron chi connectivity index (χ0n) is 12.9. The summed E-state index contributed by atoms with van der Waals surface area (Å²) in [6, 6.07) is 11.4. The second kappa shape index (κ2) is 6.79. The molecule has 0 radical (unpaired) electrons. The molecule has 0 saturated carbocycles. The number of nitrogens with one attached hydrogen (secondary N) is 1. The highest BCUT2D eigenvalue weighted by Gasteiger charge is 2.21. The highest BCUT2D eigenvalue weighted by molar-refractivity contribution is 7.12. The van der Waals surface area contributed by atoms with Crippen LogP contribution in [0.2, 0.25) is 0 Å². The molecular weight excluding hydrogens is 308 g/mol. The summed E-state index contributed by atoms with van der Waals surface area (Å²) in [5, 5.41) is 2.82. The monoisotopic (exact) mass is 326 g/mol. The maximum absolute atomic E-state index is 11.9. The van der Waals surface area contributed by atoms with E-state index in [9.17, 15) is 9.59 Å². The summed E-state index contributed by atoms with van der Waals surface area (Å²) in [5.74, 6) is -0.00277. The molecule has 2 aromatic rings. The summed E-state index contributed by atoms with van der Waals surface area (Å²) in [5.41, 5.74) is 1.60. The Morgan fingerprint density at radius 1 is 1.22 bits per heavy atom. The lowest BCUT2D eigenvalue weighted by Crippen LogP contribution is -2.23. The largest absolute Gasteiger partial charge is 0.323 e. The van der Waals surface area contributed by atoms with Crippen molar-refractivity contribution >= 4 is 40.6 Å². The average molecular weight is 326 g/mol. The first-order valence-electron chi connectivity index (χ1n) is 7.58. The summed E-state index contributed by atoms with van der Waals surface area (Å²) in [6.07, 6.45) is 4.86. The molecule has 0 aliphatic carbocycles. The van der Waals surface area contributed by atoms with E-state index in [4.69, 9.17) is 0 Å². The van der Waals surface area contributed by atoms with Crippen molar-refractivity contribution in [2.75, 3.05) is 16.8 Å². The van der Waals surface area contributed by atoms with Gasteiger partial charge in [-0.2, -0.15) is 0 Å². The maximum atomic E-state index is 11.9. The van der Waals surface area contributed by atoms with Crippen LogP contribution in [0.15, 0.2) is 42.5 Å². The zero-order valence-corrected chi connectivity index (χ0v) is 13.7. The van der Waals surface area contributed by atoms with Gasteiger partial charge in [0, 0.05) is 40.2 Å². The molecular formula is C18H18N2O2S. The average Bonchev–Trinajstić information content (AvgIpc) is 3.14. The fourth-order valence-electron chi connectivity index (χ4n) is 2.53. The molecule has 0 bridgehead atoms. The van der Waals surface area contributed by atoms with Gasteiger partial charge in [0.05, 0.1) is 0 Å². The Morgan fingerprint density at radius 3 is 2.61 bits per heavy atom. The first-order chi connectivity index (χ1) is 11.1. The maximum Gasteiger partial charge on any atom is 0.248 e. The number of hydrogen-bond donors (Lipinski definition) is 1. The lowest BCUT2D eigenvalue weighted by Gasteiger charge is -2.15. The van der Waals surface area contributed by atoms with Crippen LogP contribution in [0.5, 0.6) is 0 Å². The highest BCUT2D eigenvalue weighted by Crippen LogP contribution is 2.23. The van der Waals surface area contributed by atoms with E-state index >= 15 is 0 Å². The summed E-state index contributed by atoms with van der Waals surface area (Å²) in [4.78, 5) is 27.7. The molecule has 0 spiro atoms. The Labute approximate surface area is 139 Å². The number of nitrogens with zero attached hydrogens (tertiary/aromatic N) is 1. The quantitative estimate of drug-likeness (QED) is 0.868. The third-order valence-corrected chi connectivity index (χ3v) is 4.65. The molecule has 1 aromatic heterocycles. The molecule has 1 N–H and O–H groups in total. The van der Waals surface area contributed by atoms with Gasteiger partial charge in [0.2, 0.25) is 11.8 Å². The molecule has 2 heterocycles. The van der Waals surface area contributed by atoms with Gasteiger partial charge < -0.3 is 10.2 Å². The fraction of sp³-hybridized carbons (Fsp3) is 0.222. The smallest absolute Gasteiger partial charge is 0.248 e. The SMILES string of the molecule is Cc1ccc(/C=C/C(=O)Nc2ccc(N3CCCC3=O)cc2)s1. The Bertz CT molecular complexity index is 747. The van der Waals surface area contributed by atoms with Crippen LogP contribution in [-0.2, 0) is 9.59 Å². The van der Waals surface area contributed by atoms with E-state index in [2.05, 4.69) is 5.32 Å². The van der Waals surface area contributed by atoms with Crippen molar-refractivity contribution in [2.24, 2.45) is 0 Å². The number of anilines is 2. The van der Waals surface area contributed by atoms with Gasteiger partial charge >= 0.3 is 0 Å². The van der Waals surface area contributed by atoms with Gasteiger partial charge in [0.25, 0.3) is 0 Å². The molecule has 1 fully saturated rings. The van der Waals surface area contributed by atoms with E-state index in [1.54, 1.807) is 16.2 Å². The normalized spacial score (nSPS) is 14.7. The molecule has 2 amide bonds. The van der Waals surface area contributed by atoms with Gasteiger partial charge in [-0.1, -0.05) is 0 Å². The van der Waals surface area contributed by atoms with Crippen LogP contribution in [0.3, 0.4) is 0 Å². The third-order valence-electron chi connectivity index (χ3n) is 3.68. The number of thiophene rings is 1. The minimum absolute atomic E-state index is 0.163. The highest BCUT2D eigenvalue weighted by atomic mass is 32.1. The van der Waals surface area contributed by atoms with Gasteiger partial charge in [-0.05, 0) is 55.8 Å². The first kappa shape index (κ1) is 15.5. The van der Waals surface area contributed by atoms with E-state index in [-0.39, 0.29) is 11.8 Å². The second-order valence-electron chi connectivity index (χ2n) is 5.47. The molecule has 1 aromatic carbocycles. The Hall–Kier alpha value is -2.40. The van der Waals surface area contributed by atoms with Gasteiger partial charge in [0.15, 0.2) is 0 Å². The van der Waals surface area contributed by atoms with Crippen LogP contribution in [0.1, 0.15) is 22.6 Å². The summed E-state index contributed by atoms with van der Waals surface area (Å²) < 4.78 is 0. The number of carbonyl (C=O) groups excluding carboxylic acids is 2. The standard InChI is InChI=1S/C18H18N2O2S/c1-13-4-9-16(23-13)10-11-17(21)19-14-5-7-15(8-6-14)20-12-2-3-18(20)22/h4-11H,2-3,12H2,1H3,(H,19,21)/b11-10+. The van der Waals surface area contributed by atoms with Crippen molar-refractivity contribution < 1.29 is 9.59 Å². The Balaban J connectivity index is 1.60. The van der Waals surface area contributed by atoms with Crippen molar-refractivity contribution in [1.82, 2.24) is 0 Å². The minimum atomic E-state index is -0.166. The van der Waals surface area contributed by atoms with Crippen molar-refractivity contribution in [3.8, 4) is 0 Å². The van der Waals surface area contributed by atoms with Crippen molar-refractivity contribution in [2.45, 2.75) is 19.8 Å². The predicted molar refractivity (Wildman–Crippen MR) is 94.7 cm³/mol. The second-order valence-corrected chi connectivity index (χ2v) is 6.79. The van der Waals surface area contributed by atoms with Gasteiger partial charge in [-0.15, -0.1) is 11.3 Å². The zero-order chi connectivity index (χ0) is 16.2. The number of hydrogen-bond acceptors (Lipinski definition) is 3. The Morgan fingerprint density at radius 2 is 2.00 bits per heavy atom. The predicted octanol–water partition coefficient (Wildman–Crippen LogP) is 3.84. The van der Waals surface area contributed by atoms with Crippen molar-refractivity contribution in [3.05, 3.63) is 52.2 Å². The summed E-state index contributed by atoms with van der Waals surface area (Å²) >= 11 is 1.65. The fourth-order valence-corrected chi connectivity index (χ4v) is 3.31. The number of benzene rings is 1. The van der Waals surface area contributed by atoms with Gasteiger partial charge in [-0.25, -0.2) is 0 Å². The molecule has 0 atom stereocenters. The number of amides is 2. The van der Waals surface area contributed by atoms with Crippen LogP contribution in [0.4, 0.5) is 11.4 Å². The van der Waals surface area contributed by atoms with E-state index in [0.717, 1.165) is 29.2 Å². The van der Waals surface area contributed by atoms with Crippen LogP contribution in [-0.4, -0.2) is 18.4 Å². The van der Waals surface area contributed by atoms with E-state index in [1.165, 1.54) is 11.0 Å². The molecule has 0 unspecified atom stereocenters. The number of aryl methyl sites for hydroxylation is 1. The van der Waals surface area contributed by atoms with E-state index in [0.29, 0.717) is 6.42 Å². The van der Waals surface area contributed by atoms with Crippen LogP contribution in [0, 0.1) is 6.92 Å². The van der Waals surface area contributed by atoms with Crippen LogP contribution >= 0.6 is 11.3 Å². The number of carbonyl (C=O) groups is 2. The molecule has 1 aliphatic heterocycles. The summed E-state index contributed by atoms with van der Waals surface area (Å²) in [7, 11) is 0. The molecule has 3 rings (SSSR count). The van der Waals surface area contributed by atoms with Crippen LogP contribution in [0.25, 0.3) is 6.08 Å². The lowest BCUT2D eigenvalue weighted by molar-refractivity contribution is -0.117. The molecule has 23 heavy (non-hydrogen) atoms. The molecule has 4 nitrogen and oxygen atoms in total. The number of rotatable bonds is 4. The topological polar surface area (TPSA) is 49.4 Å². The van der Waals surface area contributed by atoms with E-state index < -0.39 is 0 Å². The van der Waals surface area contributed by atoms with Gasteiger partial charge in [0.1, 0.15) is 0 Å². The molecule has 5 heteroatoms.